The molecule has 0 radical (unpaired) electrons. The van der Waals surface area contributed by atoms with Crippen LogP contribution in [0.1, 0.15) is 16.7 Å². The average Bonchev–Trinajstić information content (AvgIpc) is 2.85. The highest BCUT2D eigenvalue weighted by Gasteiger charge is 2.05. The molecular formula is C24H16Cl3N3O5. The number of nitriles is 3. The van der Waals surface area contributed by atoms with E-state index in [1.807, 2.05) is 18.2 Å². The number of carbonyl (C=O) groups is 1. The fraction of sp³-hybridized carbons (Fsp3) is 0.0833. The van der Waals surface area contributed by atoms with Gasteiger partial charge in [0, 0.05) is 0 Å². The normalized spacial score (nSPS) is 8.94. The molecule has 0 unspecified atom stereocenters. The first-order chi connectivity index (χ1) is 16.6. The number of carboxylic acids is 1. The van der Waals surface area contributed by atoms with Crippen molar-refractivity contribution in [2.45, 2.75) is 0 Å². The third-order valence-corrected chi connectivity index (χ3v) is 4.66. The largest absolute Gasteiger partial charge is 0.506 e. The minimum atomic E-state index is -1.08. The second-order valence-electron chi connectivity index (χ2n) is 6.18. The summed E-state index contributed by atoms with van der Waals surface area (Å²) in [6, 6.07) is 19.4. The molecule has 0 aromatic heterocycles. The van der Waals surface area contributed by atoms with Gasteiger partial charge in [0.05, 0.1) is 57.1 Å². The number of hydrogen-bond acceptors (Lipinski definition) is 7. The van der Waals surface area contributed by atoms with Gasteiger partial charge in [0.15, 0.2) is 6.61 Å². The number of rotatable bonds is 4. The van der Waals surface area contributed by atoms with Crippen LogP contribution in [0.3, 0.4) is 0 Å². The molecule has 0 amide bonds. The number of carboxylic acid groups (broad SMARTS) is 1. The number of ether oxygens (including phenoxy) is 2. The van der Waals surface area contributed by atoms with Gasteiger partial charge in [0.25, 0.3) is 0 Å². The number of nitrogens with zero attached hydrogens (tertiary/aromatic N) is 3. The molecule has 0 bridgehead atoms. The van der Waals surface area contributed by atoms with Gasteiger partial charge in [-0.05, 0) is 54.6 Å². The maximum Gasteiger partial charge on any atom is 0.341 e. The number of hydrogen-bond donors (Lipinski definition) is 2. The van der Waals surface area contributed by atoms with Gasteiger partial charge in [-0.25, -0.2) is 4.79 Å². The van der Waals surface area contributed by atoms with Crippen molar-refractivity contribution in [1.82, 2.24) is 0 Å². The van der Waals surface area contributed by atoms with Crippen molar-refractivity contribution in [2.24, 2.45) is 0 Å². The van der Waals surface area contributed by atoms with Crippen molar-refractivity contribution in [2.75, 3.05) is 13.7 Å². The zero-order valence-corrected chi connectivity index (χ0v) is 20.3. The molecule has 3 aromatic carbocycles. The number of halogens is 3. The van der Waals surface area contributed by atoms with Gasteiger partial charge in [-0.3, -0.25) is 0 Å². The molecule has 0 fully saturated rings. The fourth-order valence-electron chi connectivity index (χ4n) is 2.14. The molecule has 11 heteroatoms. The molecule has 0 aliphatic heterocycles. The molecule has 0 aliphatic rings. The fourth-order valence-corrected chi connectivity index (χ4v) is 2.81. The van der Waals surface area contributed by atoms with Crippen LogP contribution in [-0.2, 0) is 4.79 Å². The number of methoxy groups -OCH3 is 1. The summed E-state index contributed by atoms with van der Waals surface area (Å²) in [7, 11) is 1.53. The molecule has 0 heterocycles. The van der Waals surface area contributed by atoms with Crippen molar-refractivity contribution >= 4 is 40.8 Å². The van der Waals surface area contributed by atoms with Crippen molar-refractivity contribution in [1.29, 1.82) is 15.8 Å². The number of benzene rings is 3. The van der Waals surface area contributed by atoms with Gasteiger partial charge in [0.1, 0.15) is 17.2 Å². The van der Waals surface area contributed by atoms with Crippen LogP contribution >= 0.6 is 34.8 Å². The Bertz CT molecular complexity index is 1310. The van der Waals surface area contributed by atoms with Crippen molar-refractivity contribution in [3.63, 3.8) is 0 Å². The highest BCUT2D eigenvalue weighted by molar-refractivity contribution is 6.32. The lowest BCUT2D eigenvalue weighted by Gasteiger charge is -2.04. The second-order valence-corrected chi connectivity index (χ2v) is 7.40. The van der Waals surface area contributed by atoms with Crippen LogP contribution in [0.2, 0.25) is 15.1 Å². The lowest BCUT2D eigenvalue weighted by molar-refractivity contribution is -0.139. The molecule has 0 atom stereocenters. The Morgan fingerprint density at radius 2 is 1.23 bits per heavy atom. The van der Waals surface area contributed by atoms with E-state index in [-0.39, 0.29) is 21.5 Å². The number of phenols is 1. The Morgan fingerprint density at radius 3 is 1.60 bits per heavy atom. The molecule has 178 valence electrons. The quantitative estimate of drug-likeness (QED) is 0.427. The van der Waals surface area contributed by atoms with Gasteiger partial charge in [0.2, 0.25) is 0 Å². The minimum Gasteiger partial charge on any atom is -0.506 e. The van der Waals surface area contributed by atoms with Crippen LogP contribution in [0.15, 0.2) is 54.6 Å². The van der Waals surface area contributed by atoms with Crippen LogP contribution in [0.4, 0.5) is 0 Å². The molecule has 0 saturated carbocycles. The summed E-state index contributed by atoms with van der Waals surface area (Å²) < 4.78 is 9.76. The summed E-state index contributed by atoms with van der Waals surface area (Å²) in [6.45, 7) is -0.453. The Morgan fingerprint density at radius 1 is 0.800 bits per heavy atom. The van der Waals surface area contributed by atoms with Gasteiger partial charge in [-0.2, -0.15) is 15.8 Å². The first kappa shape index (κ1) is 28.9. The Kier molecular flexibility index (Phi) is 12.3. The smallest absolute Gasteiger partial charge is 0.341 e. The monoisotopic (exact) mass is 531 g/mol. The van der Waals surface area contributed by atoms with Gasteiger partial charge in [-0.1, -0.05) is 34.8 Å². The molecule has 8 nitrogen and oxygen atoms in total. The molecule has 2 N–H and O–H groups in total. The third-order valence-electron chi connectivity index (χ3n) is 3.77. The third kappa shape index (κ3) is 10.1. The van der Waals surface area contributed by atoms with Gasteiger partial charge in [-0.15, -0.1) is 0 Å². The van der Waals surface area contributed by atoms with E-state index in [0.29, 0.717) is 27.5 Å². The summed E-state index contributed by atoms with van der Waals surface area (Å²) >= 11 is 16.9. The number of phenolic OH excluding ortho intramolecular Hbond substituents is 1. The van der Waals surface area contributed by atoms with E-state index in [1.165, 1.54) is 43.5 Å². The summed E-state index contributed by atoms with van der Waals surface area (Å²) in [5.41, 5.74) is 1.39. The predicted octanol–water partition coefficient (Wildman–Crippen LogP) is 5.81. The van der Waals surface area contributed by atoms with Gasteiger partial charge < -0.3 is 19.7 Å². The van der Waals surface area contributed by atoms with Crippen LogP contribution in [0, 0.1) is 34.0 Å². The van der Waals surface area contributed by atoms with E-state index in [4.69, 9.17) is 70.3 Å². The first-order valence-corrected chi connectivity index (χ1v) is 10.4. The lowest BCUT2D eigenvalue weighted by Crippen LogP contribution is -2.09. The SMILES string of the molecule is COc1ccc(C#N)cc1Cl.N#Cc1ccc(O)c(Cl)c1.N#Cc1ccc(OCC(=O)O)c(Cl)c1. The zero-order chi connectivity index (χ0) is 26.4. The average molecular weight is 533 g/mol. The highest BCUT2D eigenvalue weighted by atomic mass is 35.5. The maximum atomic E-state index is 10.2. The first-order valence-electron chi connectivity index (χ1n) is 9.31. The zero-order valence-electron chi connectivity index (χ0n) is 18.0. The predicted molar refractivity (Wildman–Crippen MR) is 130 cm³/mol. The van der Waals surface area contributed by atoms with Crippen LogP contribution in [-0.4, -0.2) is 29.9 Å². The number of aromatic hydroxyl groups is 1. The summed E-state index contributed by atoms with van der Waals surface area (Å²) in [4.78, 5) is 10.2. The highest BCUT2D eigenvalue weighted by Crippen LogP contribution is 2.25. The number of aliphatic carboxylic acids is 1. The molecule has 0 aliphatic carbocycles. The summed E-state index contributed by atoms with van der Waals surface area (Å²) in [6.07, 6.45) is 0. The van der Waals surface area contributed by atoms with Crippen LogP contribution in [0.25, 0.3) is 0 Å². The molecule has 35 heavy (non-hydrogen) atoms. The van der Waals surface area contributed by atoms with E-state index in [1.54, 1.807) is 18.2 Å². The lowest BCUT2D eigenvalue weighted by atomic mass is 10.2. The topological polar surface area (TPSA) is 147 Å². The molecule has 0 saturated heterocycles. The van der Waals surface area contributed by atoms with Gasteiger partial charge >= 0.3 is 5.97 Å². The van der Waals surface area contributed by atoms with E-state index in [2.05, 4.69) is 0 Å². The van der Waals surface area contributed by atoms with E-state index < -0.39 is 12.6 Å². The van der Waals surface area contributed by atoms with Crippen molar-refractivity contribution in [3.8, 4) is 35.5 Å². The standard InChI is InChI=1S/C9H6ClNO3.C8H6ClNO.C7H4ClNO/c10-7-3-6(4-11)1-2-8(7)14-5-9(12)13;1-11-8-3-2-6(5-10)4-7(8)9;8-6-3-5(4-9)1-2-7(6)10/h1-3H,5H2,(H,12,13);2-4H,1H3;1-3,10H. The minimum absolute atomic E-state index is 0.000617. The van der Waals surface area contributed by atoms with Crippen LogP contribution < -0.4 is 9.47 Å². The summed E-state index contributed by atoms with van der Waals surface area (Å²) in [5.74, 6) is -0.232. The Labute approximate surface area is 216 Å². The molecule has 3 rings (SSSR count). The van der Waals surface area contributed by atoms with E-state index in [0.717, 1.165) is 0 Å². The molecule has 3 aromatic rings. The van der Waals surface area contributed by atoms with Crippen molar-refractivity contribution < 1.29 is 24.5 Å². The van der Waals surface area contributed by atoms with Crippen molar-refractivity contribution in [3.05, 3.63) is 86.4 Å². The van der Waals surface area contributed by atoms with Crippen LogP contribution in [0.5, 0.6) is 17.2 Å². The molecule has 0 spiro atoms. The maximum absolute atomic E-state index is 10.2. The second kappa shape index (κ2) is 14.9. The van der Waals surface area contributed by atoms with E-state index in [9.17, 15) is 4.79 Å². The Balaban J connectivity index is 0.000000267. The Hall–Kier alpha value is -4.13. The van der Waals surface area contributed by atoms with E-state index >= 15 is 0 Å². The summed E-state index contributed by atoms with van der Waals surface area (Å²) in [5, 5.41) is 43.5. The molecular weight excluding hydrogens is 517 g/mol.